The molecule has 0 fully saturated rings. The fraction of sp³-hybridized carbons (Fsp3) is 0.294. The Morgan fingerprint density at radius 1 is 1.00 bits per heavy atom. The van der Waals surface area contributed by atoms with Crippen molar-refractivity contribution >= 4 is 0 Å². The van der Waals surface area contributed by atoms with Gasteiger partial charge in [0.2, 0.25) is 0 Å². The van der Waals surface area contributed by atoms with E-state index >= 15 is 0 Å². The molecule has 2 N–H and O–H groups in total. The Kier molecular flexibility index (Phi) is 5.06. The quantitative estimate of drug-likeness (QED) is 0.885. The van der Waals surface area contributed by atoms with Crippen molar-refractivity contribution in [2.45, 2.75) is 19.6 Å². The highest BCUT2D eigenvalue weighted by molar-refractivity contribution is 5.44. The van der Waals surface area contributed by atoms with Crippen molar-refractivity contribution in [2.75, 3.05) is 14.2 Å². The largest absolute Gasteiger partial charge is 0.497 e. The van der Waals surface area contributed by atoms with Gasteiger partial charge in [-0.25, -0.2) is 0 Å². The number of rotatable bonds is 6. The van der Waals surface area contributed by atoms with Gasteiger partial charge in [0.1, 0.15) is 12.4 Å². The normalized spacial score (nSPS) is 11.8. The van der Waals surface area contributed by atoms with Gasteiger partial charge in [0.25, 0.3) is 0 Å². The summed E-state index contributed by atoms with van der Waals surface area (Å²) in [5.74, 6) is 2.20. The number of hydrogen-bond acceptors (Lipinski definition) is 4. The van der Waals surface area contributed by atoms with Crippen LogP contribution in [0.1, 0.15) is 24.1 Å². The average Bonchev–Trinajstić information content (AvgIpc) is 2.52. The topological polar surface area (TPSA) is 53.7 Å². The molecule has 0 saturated heterocycles. The molecular formula is C17H21NO3. The minimum Gasteiger partial charge on any atom is -0.497 e. The van der Waals surface area contributed by atoms with E-state index in [0.29, 0.717) is 18.1 Å². The molecular weight excluding hydrogens is 266 g/mol. The minimum absolute atomic E-state index is 0.0358. The molecule has 0 bridgehead atoms. The van der Waals surface area contributed by atoms with Crippen LogP contribution in [-0.4, -0.2) is 14.2 Å². The molecule has 2 aromatic rings. The van der Waals surface area contributed by atoms with Crippen molar-refractivity contribution in [3.63, 3.8) is 0 Å². The second-order valence-electron chi connectivity index (χ2n) is 4.84. The number of benzene rings is 2. The lowest BCUT2D eigenvalue weighted by Crippen LogP contribution is -2.05. The summed E-state index contributed by atoms with van der Waals surface area (Å²) in [6.07, 6.45) is 0. The molecule has 1 atom stereocenters. The van der Waals surface area contributed by atoms with Crippen LogP contribution in [-0.2, 0) is 6.61 Å². The van der Waals surface area contributed by atoms with Crippen LogP contribution in [0.3, 0.4) is 0 Å². The number of nitrogens with two attached hydrogens (primary N) is 1. The lowest BCUT2D eigenvalue weighted by molar-refractivity contribution is 0.283. The summed E-state index contributed by atoms with van der Waals surface area (Å²) >= 11 is 0. The molecule has 0 heterocycles. The molecule has 0 aliphatic rings. The Balaban J connectivity index is 2.12. The summed E-state index contributed by atoms with van der Waals surface area (Å²) in [6.45, 7) is 2.39. The van der Waals surface area contributed by atoms with Crippen molar-refractivity contribution in [1.82, 2.24) is 0 Å². The zero-order chi connectivity index (χ0) is 15.2. The fourth-order valence-corrected chi connectivity index (χ4v) is 2.01. The van der Waals surface area contributed by atoms with Gasteiger partial charge in [-0.2, -0.15) is 0 Å². The van der Waals surface area contributed by atoms with Crippen molar-refractivity contribution < 1.29 is 14.2 Å². The standard InChI is InChI=1S/C17H21NO3/c1-12(18)14-7-8-16(17(10-14)20-3)21-11-13-5-4-6-15(9-13)19-2/h4-10,12H,11,18H2,1-3H3/t12-/m1/s1. The van der Waals surface area contributed by atoms with Crippen LogP contribution >= 0.6 is 0 Å². The van der Waals surface area contributed by atoms with E-state index in [9.17, 15) is 0 Å². The van der Waals surface area contributed by atoms with Crippen LogP contribution < -0.4 is 19.9 Å². The van der Waals surface area contributed by atoms with Crippen LogP contribution in [0.25, 0.3) is 0 Å². The number of hydrogen-bond donors (Lipinski definition) is 1. The second-order valence-corrected chi connectivity index (χ2v) is 4.84. The summed E-state index contributed by atoms with van der Waals surface area (Å²) in [4.78, 5) is 0. The SMILES string of the molecule is COc1cccc(COc2ccc([C@@H](C)N)cc2OC)c1. The van der Waals surface area contributed by atoms with Crippen molar-refractivity contribution in [1.29, 1.82) is 0 Å². The highest BCUT2D eigenvalue weighted by atomic mass is 16.5. The second kappa shape index (κ2) is 6.99. The molecule has 4 heteroatoms. The Hall–Kier alpha value is -2.20. The van der Waals surface area contributed by atoms with Crippen LogP contribution in [0.15, 0.2) is 42.5 Å². The summed E-state index contributed by atoms with van der Waals surface area (Å²) in [5, 5.41) is 0. The monoisotopic (exact) mass is 287 g/mol. The van der Waals surface area contributed by atoms with E-state index < -0.39 is 0 Å². The van der Waals surface area contributed by atoms with Gasteiger partial charge >= 0.3 is 0 Å². The van der Waals surface area contributed by atoms with Gasteiger partial charge in [-0.3, -0.25) is 0 Å². The minimum atomic E-state index is -0.0358. The Labute approximate surface area is 125 Å². The van der Waals surface area contributed by atoms with E-state index in [1.165, 1.54) is 0 Å². The zero-order valence-electron chi connectivity index (χ0n) is 12.6. The van der Waals surface area contributed by atoms with E-state index in [-0.39, 0.29) is 6.04 Å². The molecule has 112 valence electrons. The van der Waals surface area contributed by atoms with Crippen molar-refractivity contribution in [3.05, 3.63) is 53.6 Å². The van der Waals surface area contributed by atoms with Crippen LogP contribution in [0.2, 0.25) is 0 Å². The van der Waals surface area contributed by atoms with Gasteiger partial charge in [-0.1, -0.05) is 18.2 Å². The first-order chi connectivity index (χ1) is 10.1. The smallest absolute Gasteiger partial charge is 0.161 e. The number of ether oxygens (including phenoxy) is 3. The summed E-state index contributed by atoms with van der Waals surface area (Å²) in [5.41, 5.74) is 7.92. The Bertz CT molecular complexity index is 596. The lowest BCUT2D eigenvalue weighted by Gasteiger charge is -2.14. The molecule has 2 aromatic carbocycles. The van der Waals surface area contributed by atoms with Gasteiger partial charge in [0, 0.05) is 6.04 Å². The molecule has 0 aliphatic carbocycles. The maximum absolute atomic E-state index is 5.87. The Morgan fingerprint density at radius 2 is 1.81 bits per heavy atom. The predicted octanol–water partition coefficient (Wildman–Crippen LogP) is 3.30. The molecule has 0 spiro atoms. The van der Waals surface area contributed by atoms with Crippen molar-refractivity contribution in [3.8, 4) is 17.2 Å². The number of methoxy groups -OCH3 is 2. The maximum atomic E-state index is 5.87. The first-order valence-electron chi connectivity index (χ1n) is 6.83. The van der Waals surface area contributed by atoms with Crippen LogP contribution in [0.5, 0.6) is 17.2 Å². The molecule has 0 aromatic heterocycles. The predicted molar refractivity (Wildman–Crippen MR) is 82.9 cm³/mol. The highest BCUT2D eigenvalue weighted by Crippen LogP contribution is 2.30. The summed E-state index contributed by atoms with van der Waals surface area (Å²) in [7, 11) is 3.27. The molecule has 21 heavy (non-hydrogen) atoms. The van der Waals surface area contributed by atoms with E-state index in [1.54, 1.807) is 14.2 Å². The molecule has 0 radical (unpaired) electrons. The third kappa shape index (κ3) is 3.89. The molecule has 2 rings (SSSR count). The van der Waals surface area contributed by atoms with Crippen LogP contribution in [0, 0.1) is 0 Å². The molecule has 0 unspecified atom stereocenters. The third-order valence-corrected chi connectivity index (χ3v) is 3.24. The first kappa shape index (κ1) is 15.2. The van der Waals surface area contributed by atoms with Gasteiger partial charge in [0.15, 0.2) is 11.5 Å². The van der Waals surface area contributed by atoms with Gasteiger partial charge < -0.3 is 19.9 Å². The first-order valence-corrected chi connectivity index (χ1v) is 6.83. The Morgan fingerprint density at radius 3 is 2.48 bits per heavy atom. The van der Waals surface area contributed by atoms with E-state index in [4.69, 9.17) is 19.9 Å². The van der Waals surface area contributed by atoms with Gasteiger partial charge in [0.05, 0.1) is 14.2 Å². The maximum Gasteiger partial charge on any atom is 0.161 e. The van der Waals surface area contributed by atoms with E-state index in [0.717, 1.165) is 16.9 Å². The molecule has 4 nitrogen and oxygen atoms in total. The zero-order valence-corrected chi connectivity index (χ0v) is 12.6. The van der Waals surface area contributed by atoms with E-state index in [1.807, 2.05) is 49.4 Å². The van der Waals surface area contributed by atoms with Gasteiger partial charge in [-0.15, -0.1) is 0 Å². The van der Waals surface area contributed by atoms with Crippen molar-refractivity contribution in [2.24, 2.45) is 5.73 Å². The van der Waals surface area contributed by atoms with Crippen LogP contribution in [0.4, 0.5) is 0 Å². The summed E-state index contributed by atoms with van der Waals surface area (Å²) in [6, 6.07) is 13.5. The van der Waals surface area contributed by atoms with Gasteiger partial charge in [-0.05, 0) is 42.3 Å². The lowest BCUT2D eigenvalue weighted by atomic mass is 10.1. The molecule has 0 amide bonds. The summed E-state index contributed by atoms with van der Waals surface area (Å²) < 4.78 is 16.4. The molecule has 0 aliphatic heterocycles. The molecule has 0 saturated carbocycles. The average molecular weight is 287 g/mol. The highest BCUT2D eigenvalue weighted by Gasteiger charge is 2.08. The van der Waals surface area contributed by atoms with E-state index in [2.05, 4.69) is 0 Å². The third-order valence-electron chi connectivity index (χ3n) is 3.24. The fourth-order valence-electron chi connectivity index (χ4n) is 2.01.